The number of halogens is 4. The number of pyridine rings is 2. The normalized spacial score (nSPS) is 17.8. The Bertz CT molecular complexity index is 1650. The number of rotatable bonds is 4. The fourth-order valence-corrected chi connectivity index (χ4v) is 4.57. The van der Waals surface area contributed by atoms with Gasteiger partial charge in [0.25, 0.3) is 0 Å². The zero-order chi connectivity index (χ0) is 26.3. The van der Waals surface area contributed by atoms with Crippen LogP contribution in [0, 0.1) is 17.2 Å². The van der Waals surface area contributed by atoms with Gasteiger partial charge in [-0.1, -0.05) is 36.7 Å². The second-order valence-corrected chi connectivity index (χ2v) is 9.04. The van der Waals surface area contributed by atoms with Crippen LogP contribution in [0.1, 0.15) is 6.92 Å². The molecule has 0 radical (unpaired) electrons. The molecule has 0 amide bonds. The number of fused-ring (bicyclic) bond motifs is 1. The van der Waals surface area contributed by atoms with E-state index in [2.05, 4.69) is 15.1 Å². The number of aromatic nitrogens is 4. The van der Waals surface area contributed by atoms with E-state index in [1.165, 1.54) is 17.4 Å². The van der Waals surface area contributed by atoms with Crippen molar-refractivity contribution in [1.82, 2.24) is 19.2 Å². The molecule has 4 heterocycles. The molecule has 0 aliphatic carbocycles. The van der Waals surface area contributed by atoms with Crippen LogP contribution in [-0.4, -0.2) is 37.1 Å². The number of allylic oxidation sites excluding steroid dienone is 1. The van der Waals surface area contributed by atoms with Gasteiger partial charge in [0.2, 0.25) is 0 Å². The zero-order valence-electron chi connectivity index (χ0n) is 19.3. The van der Waals surface area contributed by atoms with Gasteiger partial charge in [-0.3, -0.25) is 9.98 Å². The van der Waals surface area contributed by atoms with Gasteiger partial charge in [-0.2, -0.15) is 18.4 Å². The van der Waals surface area contributed by atoms with E-state index in [-0.39, 0.29) is 17.8 Å². The van der Waals surface area contributed by atoms with Gasteiger partial charge in [0.05, 0.1) is 6.54 Å². The van der Waals surface area contributed by atoms with Gasteiger partial charge in [-0.05, 0) is 47.0 Å². The number of nitriles is 1. The van der Waals surface area contributed by atoms with Crippen LogP contribution in [0.3, 0.4) is 0 Å². The number of hydrogen-bond donors (Lipinski definition) is 0. The Morgan fingerprint density at radius 1 is 1.08 bits per heavy atom. The first-order valence-corrected chi connectivity index (χ1v) is 11.6. The van der Waals surface area contributed by atoms with E-state index < -0.39 is 23.8 Å². The average molecular weight is 523 g/mol. The average Bonchev–Trinajstić information content (AvgIpc) is 3.19. The lowest BCUT2D eigenvalue weighted by atomic mass is 9.93. The third kappa shape index (κ3) is 4.54. The number of benzene rings is 1. The SMILES string of the molecule is CC1C=C(Cn2nc3c(-c4ccncc4)c(-c4ccc(Cl)cc4)ccn3c2=O)C(C#N)=NC1C(F)(F)F. The summed E-state index contributed by atoms with van der Waals surface area (Å²) in [4.78, 5) is 21.0. The lowest BCUT2D eigenvalue weighted by Gasteiger charge is -2.25. The van der Waals surface area contributed by atoms with Crippen LogP contribution in [0.4, 0.5) is 13.2 Å². The predicted octanol–water partition coefficient (Wildman–Crippen LogP) is 5.35. The van der Waals surface area contributed by atoms with E-state index in [1.54, 1.807) is 55.0 Å². The molecule has 2 unspecified atom stereocenters. The summed E-state index contributed by atoms with van der Waals surface area (Å²) in [6, 6.07) is 12.3. The van der Waals surface area contributed by atoms with Gasteiger partial charge in [0.15, 0.2) is 11.7 Å². The molecular weight excluding hydrogens is 505 g/mol. The second-order valence-electron chi connectivity index (χ2n) is 8.61. The molecule has 1 aliphatic heterocycles. The first kappa shape index (κ1) is 24.5. The molecule has 3 aromatic heterocycles. The highest BCUT2D eigenvalue weighted by Gasteiger charge is 2.44. The molecule has 7 nitrogen and oxygen atoms in total. The summed E-state index contributed by atoms with van der Waals surface area (Å²) in [5, 5.41) is 14.6. The highest BCUT2D eigenvalue weighted by Crippen LogP contribution is 2.35. The minimum Gasteiger partial charge on any atom is -0.265 e. The fraction of sp³-hybridized carbons (Fsp3) is 0.192. The summed E-state index contributed by atoms with van der Waals surface area (Å²) in [6.45, 7) is 1.18. The maximum Gasteiger partial charge on any atom is 0.411 e. The Morgan fingerprint density at radius 3 is 2.43 bits per heavy atom. The topological polar surface area (TPSA) is 88.3 Å². The summed E-state index contributed by atoms with van der Waals surface area (Å²) >= 11 is 6.07. The van der Waals surface area contributed by atoms with Crippen LogP contribution in [0.2, 0.25) is 5.02 Å². The van der Waals surface area contributed by atoms with Crippen molar-refractivity contribution in [3.63, 3.8) is 0 Å². The minimum absolute atomic E-state index is 0.201. The van der Waals surface area contributed by atoms with Gasteiger partial charge in [0, 0.05) is 40.7 Å². The van der Waals surface area contributed by atoms with E-state index in [0.717, 1.165) is 21.4 Å². The molecule has 11 heteroatoms. The molecule has 0 saturated heterocycles. The van der Waals surface area contributed by atoms with Crippen molar-refractivity contribution in [3.8, 4) is 28.3 Å². The van der Waals surface area contributed by atoms with Crippen LogP contribution < -0.4 is 5.69 Å². The summed E-state index contributed by atoms with van der Waals surface area (Å²) in [7, 11) is 0. The first-order chi connectivity index (χ1) is 17.7. The van der Waals surface area contributed by atoms with E-state index in [9.17, 15) is 23.2 Å². The van der Waals surface area contributed by atoms with Crippen molar-refractivity contribution in [2.24, 2.45) is 10.9 Å². The zero-order valence-corrected chi connectivity index (χ0v) is 20.1. The van der Waals surface area contributed by atoms with Gasteiger partial charge < -0.3 is 0 Å². The summed E-state index contributed by atoms with van der Waals surface area (Å²) < 4.78 is 42.5. The first-order valence-electron chi connectivity index (χ1n) is 11.2. The van der Waals surface area contributed by atoms with Crippen LogP contribution in [0.15, 0.2) is 82.5 Å². The van der Waals surface area contributed by atoms with Crippen molar-refractivity contribution in [2.45, 2.75) is 25.7 Å². The Labute approximate surface area is 213 Å². The second kappa shape index (κ2) is 9.33. The molecule has 1 aromatic carbocycles. The van der Waals surface area contributed by atoms with Crippen LogP contribution >= 0.6 is 11.6 Å². The Hall–Kier alpha value is -4.23. The molecule has 0 N–H and O–H groups in total. The van der Waals surface area contributed by atoms with Crippen molar-refractivity contribution < 1.29 is 13.2 Å². The Kier molecular flexibility index (Phi) is 6.17. The highest BCUT2D eigenvalue weighted by molar-refractivity contribution is 6.30. The van der Waals surface area contributed by atoms with E-state index in [4.69, 9.17) is 11.6 Å². The van der Waals surface area contributed by atoms with Gasteiger partial charge in [-0.15, -0.1) is 5.10 Å². The quantitative estimate of drug-likeness (QED) is 0.361. The van der Waals surface area contributed by atoms with Crippen LogP contribution in [0.5, 0.6) is 0 Å². The number of aliphatic imine (C=N–C) groups is 1. The third-order valence-electron chi connectivity index (χ3n) is 6.17. The summed E-state index contributed by atoms with van der Waals surface area (Å²) in [5.41, 5.74) is 2.77. The molecule has 1 aliphatic rings. The molecule has 0 fully saturated rings. The van der Waals surface area contributed by atoms with E-state index >= 15 is 0 Å². The maximum atomic E-state index is 13.3. The third-order valence-corrected chi connectivity index (χ3v) is 6.43. The molecule has 0 saturated carbocycles. The predicted molar refractivity (Wildman–Crippen MR) is 133 cm³/mol. The molecule has 2 atom stereocenters. The maximum absolute atomic E-state index is 13.3. The number of alkyl halides is 3. The molecule has 37 heavy (non-hydrogen) atoms. The number of dihydropyridines is 1. The Morgan fingerprint density at radius 2 is 1.78 bits per heavy atom. The molecule has 4 aromatic rings. The van der Waals surface area contributed by atoms with Gasteiger partial charge in [0.1, 0.15) is 11.8 Å². The number of hydrogen-bond acceptors (Lipinski definition) is 5. The van der Waals surface area contributed by atoms with Crippen molar-refractivity contribution >= 4 is 23.0 Å². The van der Waals surface area contributed by atoms with Gasteiger partial charge in [-0.25, -0.2) is 13.9 Å². The van der Waals surface area contributed by atoms with Crippen LogP contribution in [0.25, 0.3) is 27.9 Å². The lowest BCUT2D eigenvalue weighted by Crippen LogP contribution is -2.37. The monoisotopic (exact) mass is 522 g/mol. The fourth-order valence-electron chi connectivity index (χ4n) is 4.44. The molecule has 0 spiro atoms. The lowest BCUT2D eigenvalue weighted by molar-refractivity contribution is -0.153. The standard InChI is InChI=1S/C26H18ClF3N6O/c1-15-12-18(21(13-31)33-23(15)26(28,29)30)14-36-25(37)35-11-8-20(16-2-4-19(27)5-3-16)22(24(35)34-36)17-6-9-32-10-7-17/h2-12,15,23H,14H2,1H3. The summed E-state index contributed by atoms with van der Waals surface area (Å²) in [5.74, 6) is -0.997. The van der Waals surface area contributed by atoms with E-state index in [0.29, 0.717) is 16.2 Å². The molecular formula is C26H18ClF3N6O. The van der Waals surface area contributed by atoms with Crippen molar-refractivity contribution in [1.29, 1.82) is 5.26 Å². The van der Waals surface area contributed by atoms with Gasteiger partial charge >= 0.3 is 11.9 Å². The molecule has 186 valence electrons. The van der Waals surface area contributed by atoms with Crippen molar-refractivity contribution in [3.05, 3.63) is 88.2 Å². The highest BCUT2D eigenvalue weighted by atomic mass is 35.5. The van der Waals surface area contributed by atoms with Crippen molar-refractivity contribution in [2.75, 3.05) is 0 Å². The number of nitrogens with zero attached hydrogens (tertiary/aromatic N) is 6. The molecule has 5 rings (SSSR count). The van der Waals surface area contributed by atoms with Crippen LogP contribution in [-0.2, 0) is 6.54 Å². The Balaban J connectivity index is 1.65. The molecule has 0 bridgehead atoms. The summed E-state index contributed by atoms with van der Waals surface area (Å²) in [6.07, 6.45) is 1.60. The minimum atomic E-state index is -4.58. The largest absolute Gasteiger partial charge is 0.411 e. The smallest absolute Gasteiger partial charge is 0.265 e. The van der Waals surface area contributed by atoms with E-state index in [1.807, 2.05) is 12.1 Å².